The number of carbonyl (C=O) groups is 1. The van der Waals surface area contributed by atoms with Gasteiger partial charge in [0.1, 0.15) is 18.2 Å². The fraction of sp³-hybridized carbons (Fsp3) is 0.0500. The Balaban J connectivity index is 1.58. The number of aromatic nitrogens is 1. The first-order valence-electron chi connectivity index (χ1n) is 8.01. The van der Waals surface area contributed by atoms with Crippen LogP contribution in [0, 0.1) is 0 Å². The standard InChI is InChI=1S/C20H17N3O2S/c24-19(23-20(26)22-18-11-4-5-12-21-18)16-9-6-10-17(13-16)25-14-15-7-2-1-3-8-15/h1-13H,14H2,(H2,21,22,23,24,26). The molecule has 0 radical (unpaired) electrons. The van der Waals surface area contributed by atoms with Gasteiger partial charge >= 0.3 is 0 Å². The lowest BCUT2D eigenvalue weighted by Gasteiger charge is -2.10. The Morgan fingerprint density at radius 1 is 1.00 bits per heavy atom. The summed E-state index contributed by atoms with van der Waals surface area (Å²) in [7, 11) is 0. The minimum absolute atomic E-state index is 0.185. The van der Waals surface area contributed by atoms with Gasteiger partial charge in [0, 0.05) is 11.8 Å². The molecule has 6 heteroatoms. The first-order valence-corrected chi connectivity index (χ1v) is 8.42. The molecule has 2 N–H and O–H groups in total. The Hall–Kier alpha value is -3.25. The zero-order chi connectivity index (χ0) is 18.2. The quantitative estimate of drug-likeness (QED) is 0.676. The molecule has 0 saturated heterocycles. The summed E-state index contributed by atoms with van der Waals surface area (Å²) < 4.78 is 5.75. The zero-order valence-corrected chi connectivity index (χ0v) is 14.7. The van der Waals surface area contributed by atoms with Crippen LogP contribution in [0.15, 0.2) is 79.0 Å². The van der Waals surface area contributed by atoms with Gasteiger partial charge in [0.15, 0.2) is 5.11 Å². The van der Waals surface area contributed by atoms with Crippen molar-refractivity contribution in [3.63, 3.8) is 0 Å². The molecule has 0 unspecified atom stereocenters. The second-order valence-corrected chi connectivity index (χ2v) is 5.83. The predicted molar refractivity (Wildman–Crippen MR) is 105 cm³/mol. The highest BCUT2D eigenvalue weighted by Crippen LogP contribution is 2.15. The summed E-state index contributed by atoms with van der Waals surface area (Å²) in [5, 5.41) is 5.68. The molecule has 5 nitrogen and oxygen atoms in total. The molecule has 0 aliphatic carbocycles. The van der Waals surface area contributed by atoms with E-state index in [9.17, 15) is 4.79 Å². The minimum Gasteiger partial charge on any atom is -0.489 e. The van der Waals surface area contributed by atoms with E-state index in [0.717, 1.165) is 5.56 Å². The van der Waals surface area contributed by atoms with Crippen molar-refractivity contribution in [1.29, 1.82) is 0 Å². The molecular formula is C20H17N3O2S. The molecule has 1 amide bonds. The summed E-state index contributed by atoms with van der Waals surface area (Å²) in [6.07, 6.45) is 1.64. The van der Waals surface area contributed by atoms with Crippen LogP contribution in [0.5, 0.6) is 5.75 Å². The molecule has 0 saturated carbocycles. The third kappa shape index (κ3) is 5.12. The molecule has 2 aromatic carbocycles. The van der Waals surface area contributed by atoms with Gasteiger partial charge in [0.05, 0.1) is 0 Å². The number of nitrogens with zero attached hydrogens (tertiary/aromatic N) is 1. The lowest BCUT2D eigenvalue weighted by molar-refractivity contribution is 0.0977. The van der Waals surface area contributed by atoms with E-state index in [1.165, 1.54) is 0 Å². The van der Waals surface area contributed by atoms with E-state index < -0.39 is 0 Å². The summed E-state index contributed by atoms with van der Waals surface area (Å²) in [5.41, 5.74) is 1.52. The molecule has 0 aliphatic heterocycles. The van der Waals surface area contributed by atoms with Crippen LogP contribution in [0.3, 0.4) is 0 Å². The topological polar surface area (TPSA) is 63.2 Å². The number of thiocarbonyl (C=S) groups is 1. The summed E-state index contributed by atoms with van der Waals surface area (Å²) in [5.74, 6) is 0.867. The van der Waals surface area contributed by atoms with Gasteiger partial charge in [-0.15, -0.1) is 0 Å². The lowest BCUT2D eigenvalue weighted by Crippen LogP contribution is -2.34. The van der Waals surface area contributed by atoms with Gasteiger partial charge in [-0.25, -0.2) is 4.98 Å². The number of nitrogens with one attached hydrogen (secondary N) is 2. The van der Waals surface area contributed by atoms with E-state index in [1.54, 1.807) is 36.5 Å². The molecule has 130 valence electrons. The van der Waals surface area contributed by atoms with Crippen molar-refractivity contribution in [2.75, 3.05) is 5.32 Å². The fourth-order valence-electron chi connectivity index (χ4n) is 2.23. The van der Waals surface area contributed by atoms with Gasteiger partial charge in [0.25, 0.3) is 5.91 Å². The van der Waals surface area contributed by atoms with E-state index in [1.807, 2.05) is 42.5 Å². The van der Waals surface area contributed by atoms with Gasteiger partial charge in [-0.1, -0.05) is 42.5 Å². The molecule has 0 aliphatic rings. The second-order valence-electron chi connectivity index (χ2n) is 5.43. The third-order valence-electron chi connectivity index (χ3n) is 3.48. The van der Waals surface area contributed by atoms with Crippen molar-refractivity contribution >= 4 is 29.1 Å². The van der Waals surface area contributed by atoms with E-state index >= 15 is 0 Å². The van der Waals surface area contributed by atoms with Crippen molar-refractivity contribution < 1.29 is 9.53 Å². The zero-order valence-electron chi connectivity index (χ0n) is 13.9. The largest absolute Gasteiger partial charge is 0.489 e. The van der Waals surface area contributed by atoms with Crippen LogP contribution in [-0.2, 0) is 6.61 Å². The van der Waals surface area contributed by atoms with Gasteiger partial charge in [-0.3, -0.25) is 10.1 Å². The third-order valence-corrected chi connectivity index (χ3v) is 3.68. The second kappa shape index (κ2) is 8.73. The van der Waals surface area contributed by atoms with Crippen LogP contribution in [0.2, 0.25) is 0 Å². The Morgan fingerprint density at radius 3 is 2.58 bits per heavy atom. The Bertz CT molecular complexity index is 886. The van der Waals surface area contributed by atoms with Crippen molar-refractivity contribution in [3.8, 4) is 5.75 Å². The van der Waals surface area contributed by atoms with Crippen molar-refractivity contribution in [2.45, 2.75) is 6.61 Å². The summed E-state index contributed by atoms with van der Waals surface area (Å²) in [6.45, 7) is 0.436. The van der Waals surface area contributed by atoms with Crippen LogP contribution in [0.4, 0.5) is 5.82 Å². The molecule has 1 heterocycles. The van der Waals surface area contributed by atoms with E-state index in [2.05, 4.69) is 15.6 Å². The number of benzene rings is 2. The number of hydrogen-bond acceptors (Lipinski definition) is 4. The summed E-state index contributed by atoms with van der Waals surface area (Å²) in [6, 6.07) is 22.2. The average molecular weight is 363 g/mol. The van der Waals surface area contributed by atoms with Crippen LogP contribution < -0.4 is 15.4 Å². The number of pyridine rings is 1. The van der Waals surface area contributed by atoms with Gasteiger partial charge in [-0.2, -0.15) is 0 Å². The molecule has 0 atom stereocenters. The predicted octanol–water partition coefficient (Wildman–Crippen LogP) is 3.79. The van der Waals surface area contributed by atoms with Crippen molar-refractivity contribution in [2.24, 2.45) is 0 Å². The average Bonchev–Trinajstić information content (AvgIpc) is 2.68. The summed E-state index contributed by atoms with van der Waals surface area (Å²) >= 11 is 5.15. The molecule has 3 rings (SSSR count). The van der Waals surface area contributed by atoms with Gasteiger partial charge in [-0.05, 0) is 48.1 Å². The van der Waals surface area contributed by atoms with E-state index in [0.29, 0.717) is 23.7 Å². The maximum absolute atomic E-state index is 12.4. The Labute approximate surface area is 157 Å². The van der Waals surface area contributed by atoms with Crippen LogP contribution in [0.1, 0.15) is 15.9 Å². The van der Waals surface area contributed by atoms with Crippen molar-refractivity contribution in [3.05, 3.63) is 90.1 Å². The molecule has 0 spiro atoms. The molecule has 3 aromatic rings. The number of anilines is 1. The number of rotatable bonds is 5. The number of hydrogen-bond donors (Lipinski definition) is 2. The maximum atomic E-state index is 12.4. The fourth-order valence-corrected chi connectivity index (χ4v) is 2.42. The minimum atomic E-state index is -0.316. The highest BCUT2D eigenvalue weighted by molar-refractivity contribution is 7.80. The van der Waals surface area contributed by atoms with Crippen LogP contribution >= 0.6 is 12.2 Å². The molecular weight excluding hydrogens is 346 g/mol. The molecule has 1 aromatic heterocycles. The van der Waals surface area contributed by atoms with Gasteiger partial charge < -0.3 is 10.1 Å². The highest BCUT2D eigenvalue weighted by Gasteiger charge is 2.09. The number of ether oxygens (including phenoxy) is 1. The first kappa shape index (κ1) is 17.6. The lowest BCUT2D eigenvalue weighted by atomic mass is 10.2. The summed E-state index contributed by atoms with van der Waals surface area (Å²) in [4.78, 5) is 16.5. The Morgan fingerprint density at radius 2 is 1.81 bits per heavy atom. The molecule has 26 heavy (non-hydrogen) atoms. The first-order chi connectivity index (χ1) is 12.7. The molecule has 0 fully saturated rings. The smallest absolute Gasteiger partial charge is 0.257 e. The normalized spacial score (nSPS) is 10.0. The van der Waals surface area contributed by atoms with Crippen molar-refractivity contribution in [1.82, 2.24) is 10.3 Å². The maximum Gasteiger partial charge on any atom is 0.257 e. The SMILES string of the molecule is O=C(NC(=S)Nc1ccccn1)c1cccc(OCc2ccccc2)c1. The van der Waals surface area contributed by atoms with E-state index in [4.69, 9.17) is 17.0 Å². The van der Waals surface area contributed by atoms with Crippen LogP contribution in [-0.4, -0.2) is 16.0 Å². The van der Waals surface area contributed by atoms with E-state index in [-0.39, 0.29) is 11.0 Å². The Kier molecular flexibility index (Phi) is 5.90. The van der Waals surface area contributed by atoms with Gasteiger partial charge in [0.2, 0.25) is 0 Å². The highest BCUT2D eigenvalue weighted by atomic mass is 32.1. The van der Waals surface area contributed by atoms with Crippen LogP contribution in [0.25, 0.3) is 0 Å². The number of amides is 1. The number of carbonyl (C=O) groups excluding carboxylic acids is 1. The molecule has 0 bridgehead atoms. The monoisotopic (exact) mass is 363 g/mol.